The first-order chi connectivity index (χ1) is 14.8. The maximum Gasteiger partial charge on any atom is 0.341 e. The number of pyridine rings is 1. The smallest absolute Gasteiger partial charge is 0.341 e. The van der Waals surface area contributed by atoms with E-state index < -0.39 is 11.9 Å². The lowest BCUT2D eigenvalue weighted by Gasteiger charge is -2.07. The summed E-state index contributed by atoms with van der Waals surface area (Å²) in [6, 6.07) is 3.67. The Labute approximate surface area is 186 Å². The zero-order valence-electron chi connectivity index (χ0n) is 17.0. The Morgan fingerprint density at radius 1 is 1.32 bits per heavy atom. The lowest BCUT2D eigenvalue weighted by atomic mass is 10.1. The summed E-state index contributed by atoms with van der Waals surface area (Å²) in [7, 11) is 1.79. The van der Waals surface area contributed by atoms with Crippen LogP contribution in [0, 0.1) is 6.92 Å². The summed E-state index contributed by atoms with van der Waals surface area (Å²) in [6.07, 6.45) is 3.35. The quantitative estimate of drug-likeness (QED) is 0.385. The monoisotopic (exact) mass is 460 g/mol. The van der Waals surface area contributed by atoms with Gasteiger partial charge in [-0.05, 0) is 31.5 Å². The number of nitrogens with one attached hydrogen (secondary N) is 1. The Morgan fingerprint density at radius 3 is 2.74 bits per heavy atom. The molecule has 2 amide bonds. The average molecular weight is 461 g/mol. The molecular weight excluding hydrogens is 440 g/mol. The molecule has 0 fully saturated rings. The van der Waals surface area contributed by atoms with E-state index >= 15 is 0 Å². The number of nitrogens with two attached hydrogens (primary N) is 1. The van der Waals surface area contributed by atoms with E-state index in [0.717, 1.165) is 16.9 Å². The SMILES string of the molecule is CCOC(=O)c1c(NC(=O)CSc2nnc(-c3cccnc3)n2C)sc(C(N)=O)c1C. The van der Waals surface area contributed by atoms with E-state index in [1.807, 2.05) is 6.07 Å². The molecule has 0 saturated carbocycles. The van der Waals surface area contributed by atoms with Gasteiger partial charge < -0.3 is 20.4 Å². The van der Waals surface area contributed by atoms with Crippen molar-refractivity contribution >= 4 is 45.9 Å². The minimum Gasteiger partial charge on any atom is -0.462 e. The van der Waals surface area contributed by atoms with Crippen molar-refractivity contribution in [3.8, 4) is 11.4 Å². The third kappa shape index (κ3) is 4.91. The zero-order valence-corrected chi connectivity index (χ0v) is 18.7. The van der Waals surface area contributed by atoms with Gasteiger partial charge in [-0.25, -0.2) is 4.79 Å². The molecule has 3 rings (SSSR count). The molecular formula is C19H20N6O4S2. The fourth-order valence-corrected chi connectivity index (χ4v) is 4.54. The van der Waals surface area contributed by atoms with Crippen molar-refractivity contribution in [2.75, 3.05) is 17.7 Å². The minimum absolute atomic E-state index is 0.0180. The first-order valence-corrected chi connectivity index (χ1v) is 11.0. The predicted molar refractivity (Wildman–Crippen MR) is 117 cm³/mol. The van der Waals surface area contributed by atoms with Crippen LogP contribution in [-0.2, 0) is 16.6 Å². The number of esters is 1. The zero-order chi connectivity index (χ0) is 22.5. The number of hydrogen-bond donors (Lipinski definition) is 2. The van der Waals surface area contributed by atoms with Crippen LogP contribution < -0.4 is 11.1 Å². The van der Waals surface area contributed by atoms with Crippen LogP contribution in [0.25, 0.3) is 11.4 Å². The van der Waals surface area contributed by atoms with Gasteiger partial charge >= 0.3 is 5.97 Å². The molecule has 10 nitrogen and oxygen atoms in total. The Hall–Kier alpha value is -3.25. The number of carbonyl (C=O) groups is 3. The van der Waals surface area contributed by atoms with E-state index in [-0.39, 0.29) is 33.7 Å². The fraction of sp³-hybridized carbons (Fsp3) is 0.263. The Morgan fingerprint density at radius 2 is 2.10 bits per heavy atom. The molecule has 0 atom stereocenters. The topological polar surface area (TPSA) is 142 Å². The predicted octanol–water partition coefficient (Wildman–Crippen LogP) is 2.25. The Balaban J connectivity index is 1.73. The Bertz CT molecular complexity index is 1130. The number of thioether (sulfide) groups is 1. The van der Waals surface area contributed by atoms with E-state index in [4.69, 9.17) is 10.5 Å². The molecule has 3 aromatic heterocycles. The second kappa shape index (κ2) is 9.71. The van der Waals surface area contributed by atoms with E-state index in [9.17, 15) is 14.4 Å². The van der Waals surface area contributed by atoms with Crippen LogP contribution in [0.4, 0.5) is 5.00 Å². The normalized spacial score (nSPS) is 10.7. The minimum atomic E-state index is -0.676. The lowest BCUT2D eigenvalue weighted by Crippen LogP contribution is -2.17. The Kier molecular flexibility index (Phi) is 7.02. The average Bonchev–Trinajstić information content (AvgIpc) is 3.27. The van der Waals surface area contributed by atoms with Crippen molar-refractivity contribution in [1.29, 1.82) is 0 Å². The summed E-state index contributed by atoms with van der Waals surface area (Å²) in [4.78, 5) is 40.8. The highest BCUT2D eigenvalue weighted by Gasteiger charge is 2.26. The molecule has 0 unspecified atom stereocenters. The largest absolute Gasteiger partial charge is 0.462 e. The summed E-state index contributed by atoms with van der Waals surface area (Å²) in [6.45, 7) is 3.42. The molecule has 0 radical (unpaired) electrons. The molecule has 0 aromatic carbocycles. The number of anilines is 1. The number of amides is 2. The second-order valence-corrected chi connectivity index (χ2v) is 8.25. The van der Waals surface area contributed by atoms with Crippen LogP contribution in [0.2, 0.25) is 0 Å². The molecule has 3 N–H and O–H groups in total. The molecule has 3 aromatic rings. The van der Waals surface area contributed by atoms with E-state index in [0.29, 0.717) is 16.5 Å². The van der Waals surface area contributed by atoms with E-state index in [1.165, 1.54) is 11.8 Å². The highest BCUT2D eigenvalue weighted by molar-refractivity contribution is 7.99. The number of thiophene rings is 1. The second-order valence-electron chi connectivity index (χ2n) is 6.29. The maximum atomic E-state index is 12.5. The van der Waals surface area contributed by atoms with E-state index in [1.54, 1.807) is 43.9 Å². The van der Waals surface area contributed by atoms with Crippen molar-refractivity contribution in [3.63, 3.8) is 0 Å². The molecule has 0 bridgehead atoms. The van der Waals surface area contributed by atoms with Gasteiger partial charge in [-0.1, -0.05) is 11.8 Å². The highest BCUT2D eigenvalue weighted by atomic mass is 32.2. The third-order valence-corrected chi connectivity index (χ3v) is 6.43. The van der Waals surface area contributed by atoms with Gasteiger partial charge in [-0.2, -0.15) is 0 Å². The first kappa shape index (κ1) is 22.4. The highest BCUT2D eigenvalue weighted by Crippen LogP contribution is 2.34. The van der Waals surface area contributed by atoms with Gasteiger partial charge in [-0.3, -0.25) is 14.6 Å². The molecule has 0 aliphatic carbocycles. The third-order valence-electron chi connectivity index (χ3n) is 4.19. The molecule has 12 heteroatoms. The molecule has 0 aliphatic rings. The first-order valence-electron chi connectivity index (χ1n) is 9.16. The van der Waals surface area contributed by atoms with Gasteiger partial charge in [0.15, 0.2) is 11.0 Å². The van der Waals surface area contributed by atoms with E-state index in [2.05, 4.69) is 20.5 Å². The van der Waals surface area contributed by atoms with Crippen molar-refractivity contribution in [3.05, 3.63) is 40.5 Å². The maximum absolute atomic E-state index is 12.5. The van der Waals surface area contributed by atoms with Crippen molar-refractivity contribution in [1.82, 2.24) is 19.7 Å². The van der Waals surface area contributed by atoms with Crippen LogP contribution in [0.5, 0.6) is 0 Å². The number of nitrogens with zero attached hydrogens (tertiary/aromatic N) is 4. The van der Waals surface area contributed by atoms with Crippen LogP contribution in [0.3, 0.4) is 0 Å². The number of ether oxygens (including phenoxy) is 1. The fourth-order valence-electron chi connectivity index (χ4n) is 2.77. The van der Waals surface area contributed by atoms with Crippen molar-refractivity contribution < 1.29 is 19.1 Å². The molecule has 0 aliphatic heterocycles. The van der Waals surface area contributed by atoms with Gasteiger partial charge in [-0.15, -0.1) is 21.5 Å². The summed E-state index contributed by atoms with van der Waals surface area (Å²) < 4.78 is 6.81. The summed E-state index contributed by atoms with van der Waals surface area (Å²) in [5.41, 5.74) is 6.71. The summed E-state index contributed by atoms with van der Waals surface area (Å²) >= 11 is 2.13. The summed E-state index contributed by atoms with van der Waals surface area (Å²) in [5.74, 6) is -1.03. The van der Waals surface area contributed by atoms with Gasteiger partial charge in [0.25, 0.3) is 5.91 Å². The van der Waals surface area contributed by atoms with Crippen molar-refractivity contribution in [2.45, 2.75) is 19.0 Å². The lowest BCUT2D eigenvalue weighted by molar-refractivity contribution is -0.113. The van der Waals surface area contributed by atoms with Gasteiger partial charge in [0.1, 0.15) is 5.00 Å². The summed E-state index contributed by atoms with van der Waals surface area (Å²) in [5, 5.41) is 11.7. The number of rotatable bonds is 8. The van der Waals surface area contributed by atoms with Gasteiger partial charge in [0.2, 0.25) is 5.91 Å². The number of carbonyl (C=O) groups excluding carboxylic acids is 3. The van der Waals surface area contributed by atoms with Gasteiger partial charge in [0.05, 0.1) is 22.8 Å². The number of hydrogen-bond acceptors (Lipinski definition) is 9. The standard InChI is InChI=1S/C19H20N6O4S2/c1-4-29-18(28)13-10(2)14(15(20)27)31-17(13)22-12(26)9-30-19-24-23-16(25(19)3)11-6-5-7-21-8-11/h5-8H,4,9H2,1-3H3,(H2,20,27)(H,22,26). The molecule has 0 spiro atoms. The van der Waals surface area contributed by atoms with Crippen LogP contribution in [0.1, 0.15) is 32.5 Å². The van der Waals surface area contributed by atoms with Crippen LogP contribution in [0.15, 0.2) is 29.7 Å². The molecule has 3 heterocycles. The number of aromatic nitrogens is 4. The van der Waals surface area contributed by atoms with Crippen LogP contribution in [-0.4, -0.2) is 49.9 Å². The van der Waals surface area contributed by atoms with Crippen molar-refractivity contribution in [2.24, 2.45) is 12.8 Å². The van der Waals surface area contributed by atoms with Gasteiger partial charge in [0, 0.05) is 25.0 Å². The number of primary amides is 1. The molecule has 162 valence electrons. The van der Waals surface area contributed by atoms with Crippen LogP contribution >= 0.6 is 23.1 Å². The molecule has 31 heavy (non-hydrogen) atoms. The molecule has 0 saturated heterocycles.